The molecule has 3 N–H and O–H groups in total. The minimum Gasteiger partial charge on any atom is -0.492 e. The maximum absolute atomic E-state index is 14.2. The van der Waals surface area contributed by atoms with Crippen molar-refractivity contribution in [2.45, 2.75) is 19.8 Å². The third-order valence-electron chi connectivity index (χ3n) is 3.10. The van der Waals surface area contributed by atoms with Crippen LogP contribution in [0.3, 0.4) is 0 Å². The van der Waals surface area contributed by atoms with Crippen LogP contribution in [0.1, 0.15) is 25.3 Å². The molecule has 0 atom stereocenters. The number of nitrogens with one attached hydrogen (secondary N) is 1. The van der Waals surface area contributed by atoms with Crippen LogP contribution < -0.4 is 15.9 Å². The van der Waals surface area contributed by atoms with Gasteiger partial charge in [0.05, 0.1) is 12.8 Å². The van der Waals surface area contributed by atoms with Crippen LogP contribution in [-0.2, 0) is 0 Å². The maximum Gasteiger partial charge on any atom is 0.332 e. The number of hydrazone groups is 1. The molecule has 2 aromatic carbocycles. The molecule has 0 aliphatic heterocycles. The van der Waals surface area contributed by atoms with Crippen LogP contribution in [0.25, 0.3) is 10.8 Å². The number of benzene rings is 2. The largest absolute Gasteiger partial charge is 0.492 e. The number of hydrogen-bond donors (Lipinski definition) is 2. The Hall–Kier alpha value is -2.63. The molecule has 0 aliphatic carbocycles. The van der Waals surface area contributed by atoms with E-state index >= 15 is 0 Å². The summed E-state index contributed by atoms with van der Waals surface area (Å²) in [5, 5.41) is 4.83. The molecule has 0 spiro atoms. The Balaban J connectivity index is 2.45. The number of carbonyl (C=O) groups is 1. The zero-order valence-corrected chi connectivity index (χ0v) is 12.3. The van der Waals surface area contributed by atoms with E-state index in [4.69, 9.17) is 10.5 Å². The van der Waals surface area contributed by atoms with Gasteiger partial charge in [0.2, 0.25) is 0 Å². The summed E-state index contributed by atoms with van der Waals surface area (Å²) in [7, 11) is 0. The molecule has 0 aromatic heterocycles. The van der Waals surface area contributed by atoms with Gasteiger partial charge in [0.25, 0.3) is 0 Å². The number of urea groups is 1. The van der Waals surface area contributed by atoms with Crippen molar-refractivity contribution in [1.29, 1.82) is 0 Å². The van der Waals surface area contributed by atoms with Crippen molar-refractivity contribution in [1.82, 2.24) is 5.43 Å². The standard InChI is InChI=1S/C16H18FN3O2/c1-2-3-8-22-15-11(10-19-20-16(18)21)9-14(17)12-6-4-5-7-13(12)15/h4-7,9-10H,2-3,8H2,1H3,(H3,18,20,21). The van der Waals surface area contributed by atoms with Crippen molar-refractivity contribution >= 4 is 23.0 Å². The van der Waals surface area contributed by atoms with E-state index in [-0.39, 0.29) is 5.82 Å². The summed E-state index contributed by atoms with van der Waals surface area (Å²) < 4.78 is 20.0. The predicted octanol–water partition coefficient (Wildman–Crippen LogP) is 3.16. The van der Waals surface area contributed by atoms with Crippen molar-refractivity contribution < 1.29 is 13.9 Å². The first-order valence-electron chi connectivity index (χ1n) is 7.06. The summed E-state index contributed by atoms with van der Waals surface area (Å²) in [6.45, 7) is 2.58. The van der Waals surface area contributed by atoms with Gasteiger partial charge in [0, 0.05) is 16.3 Å². The lowest BCUT2D eigenvalue weighted by Gasteiger charge is -2.13. The highest BCUT2D eigenvalue weighted by Crippen LogP contribution is 2.31. The zero-order chi connectivity index (χ0) is 15.9. The number of nitrogens with zero attached hydrogens (tertiary/aromatic N) is 1. The van der Waals surface area contributed by atoms with Crippen molar-refractivity contribution in [3.05, 3.63) is 41.7 Å². The Kier molecular flexibility index (Phi) is 5.30. The van der Waals surface area contributed by atoms with Crippen molar-refractivity contribution in [3.63, 3.8) is 0 Å². The summed E-state index contributed by atoms with van der Waals surface area (Å²) >= 11 is 0. The van der Waals surface area contributed by atoms with Crippen LogP contribution >= 0.6 is 0 Å². The van der Waals surface area contributed by atoms with Gasteiger partial charge in [0.1, 0.15) is 11.6 Å². The van der Waals surface area contributed by atoms with Crippen LogP contribution in [0, 0.1) is 5.82 Å². The third kappa shape index (κ3) is 3.72. The highest BCUT2D eigenvalue weighted by atomic mass is 19.1. The second kappa shape index (κ2) is 7.40. The maximum atomic E-state index is 14.2. The SMILES string of the molecule is CCCCOc1c(C=NNC(N)=O)cc(F)c2ccccc12. The molecule has 5 nitrogen and oxygen atoms in total. The quantitative estimate of drug-likeness (QED) is 0.488. The van der Waals surface area contributed by atoms with E-state index in [1.807, 2.05) is 6.07 Å². The van der Waals surface area contributed by atoms with E-state index < -0.39 is 6.03 Å². The van der Waals surface area contributed by atoms with E-state index in [0.717, 1.165) is 12.8 Å². The summed E-state index contributed by atoms with van der Waals surface area (Å²) in [4.78, 5) is 10.7. The number of primary amides is 1. The summed E-state index contributed by atoms with van der Waals surface area (Å²) in [5.41, 5.74) is 7.48. The molecule has 2 amide bonds. The lowest BCUT2D eigenvalue weighted by Crippen LogP contribution is -2.24. The van der Waals surface area contributed by atoms with Gasteiger partial charge in [-0.1, -0.05) is 37.6 Å². The lowest BCUT2D eigenvalue weighted by molar-refractivity contribution is 0.249. The third-order valence-corrected chi connectivity index (χ3v) is 3.10. The molecule has 22 heavy (non-hydrogen) atoms. The fraction of sp³-hybridized carbons (Fsp3) is 0.250. The molecular weight excluding hydrogens is 285 g/mol. The molecular formula is C16H18FN3O2. The van der Waals surface area contributed by atoms with Crippen molar-refractivity contribution in [2.24, 2.45) is 10.8 Å². The fourth-order valence-corrected chi connectivity index (χ4v) is 2.07. The Bertz CT molecular complexity index is 701. The van der Waals surface area contributed by atoms with Gasteiger partial charge in [-0.3, -0.25) is 0 Å². The number of unbranched alkanes of at least 4 members (excludes halogenated alkanes) is 1. The fourth-order valence-electron chi connectivity index (χ4n) is 2.07. The van der Waals surface area contributed by atoms with Gasteiger partial charge >= 0.3 is 6.03 Å². The summed E-state index contributed by atoms with van der Waals surface area (Å²) in [5.74, 6) is 0.166. The molecule has 0 radical (unpaired) electrons. The van der Waals surface area contributed by atoms with E-state index in [1.54, 1.807) is 18.2 Å². The number of ether oxygens (including phenoxy) is 1. The molecule has 0 saturated carbocycles. The number of carbonyl (C=O) groups excluding carboxylic acids is 1. The molecule has 2 aromatic rings. The van der Waals surface area contributed by atoms with Gasteiger partial charge in [0.15, 0.2) is 0 Å². The molecule has 6 heteroatoms. The van der Waals surface area contributed by atoms with E-state index in [2.05, 4.69) is 17.5 Å². The molecule has 0 bridgehead atoms. The van der Waals surface area contributed by atoms with Crippen LogP contribution in [0.2, 0.25) is 0 Å². The minimum atomic E-state index is -0.786. The number of rotatable bonds is 6. The van der Waals surface area contributed by atoms with Crippen LogP contribution in [0.15, 0.2) is 35.4 Å². The molecule has 0 saturated heterocycles. The number of hydrogen-bond acceptors (Lipinski definition) is 3. The first kappa shape index (κ1) is 15.8. The summed E-state index contributed by atoms with van der Waals surface area (Å²) in [6.07, 6.45) is 3.20. The van der Waals surface area contributed by atoms with Gasteiger partial charge in [-0.2, -0.15) is 5.10 Å². The number of amides is 2. The lowest BCUT2D eigenvalue weighted by atomic mass is 10.0. The molecule has 2 rings (SSSR count). The summed E-state index contributed by atoms with van der Waals surface area (Å²) in [6, 6.07) is 7.61. The number of halogens is 1. The van der Waals surface area contributed by atoms with Crippen LogP contribution in [-0.4, -0.2) is 18.9 Å². The highest BCUT2D eigenvalue weighted by Gasteiger charge is 2.12. The Morgan fingerprint density at radius 3 is 2.82 bits per heavy atom. The monoisotopic (exact) mass is 303 g/mol. The number of fused-ring (bicyclic) bond motifs is 1. The normalized spacial score (nSPS) is 11.0. The zero-order valence-electron chi connectivity index (χ0n) is 12.3. The average molecular weight is 303 g/mol. The molecule has 0 unspecified atom stereocenters. The van der Waals surface area contributed by atoms with Crippen molar-refractivity contribution in [2.75, 3.05) is 6.61 Å². The molecule has 0 fully saturated rings. The molecule has 0 heterocycles. The van der Waals surface area contributed by atoms with Gasteiger partial charge in [-0.25, -0.2) is 14.6 Å². The van der Waals surface area contributed by atoms with Crippen molar-refractivity contribution in [3.8, 4) is 5.75 Å². The first-order valence-corrected chi connectivity index (χ1v) is 7.06. The Morgan fingerprint density at radius 1 is 1.41 bits per heavy atom. The van der Waals surface area contributed by atoms with Crippen LogP contribution in [0.4, 0.5) is 9.18 Å². The molecule has 0 aliphatic rings. The highest BCUT2D eigenvalue weighted by molar-refractivity contribution is 5.98. The molecule has 116 valence electrons. The van der Waals surface area contributed by atoms with E-state index in [1.165, 1.54) is 12.3 Å². The second-order valence-electron chi connectivity index (χ2n) is 4.76. The second-order valence-corrected chi connectivity index (χ2v) is 4.76. The van der Waals surface area contributed by atoms with E-state index in [9.17, 15) is 9.18 Å². The average Bonchev–Trinajstić information content (AvgIpc) is 2.50. The van der Waals surface area contributed by atoms with Gasteiger partial charge in [-0.05, 0) is 12.5 Å². The Morgan fingerprint density at radius 2 is 2.14 bits per heavy atom. The smallest absolute Gasteiger partial charge is 0.332 e. The first-order chi connectivity index (χ1) is 10.6. The van der Waals surface area contributed by atoms with Crippen LogP contribution in [0.5, 0.6) is 5.75 Å². The Labute approximate surface area is 127 Å². The van der Waals surface area contributed by atoms with Gasteiger partial charge in [-0.15, -0.1) is 0 Å². The number of nitrogens with two attached hydrogens (primary N) is 1. The van der Waals surface area contributed by atoms with E-state index in [0.29, 0.717) is 28.7 Å². The van der Waals surface area contributed by atoms with Gasteiger partial charge < -0.3 is 10.5 Å². The minimum absolute atomic E-state index is 0.376. The predicted molar refractivity (Wildman–Crippen MR) is 84.6 cm³/mol. The topological polar surface area (TPSA) is 76.7 Å².